The van der Waals surface area contributed by atoms with Crippen molar-refractivity contribution in [2.45, 2.75) is 38.8 Å². The van der Waals surface area contributed by atoms with Crippen LogP contribution in [0.5, 0.6) is 5.75 Å². The number of rotatable bonds is 8. The molecule has 2 rings (SSSR count). The number of halogens is 1. The summed E-state index contributed by atoms with van der Waals surface area (Å²) in [6, 6.07) is 5.90. The van der Waals surface area contributed by atoms with Crippen LogP contribution in [0.25, 0.3) is 0 Å². The van der Waals surface area contributed by atoms with E-state index in [4.69, 9.17) is 21.1 Å². The van der Waals surface area contributed by atoms with Gasteiger partial charge >= 0.3 is 0 Å². The summed E-state index contributed by atoms with van der Waals surface area (Å²) in [5, 5.41) is 4.27. The van der Waals surface area contributed by atoms with E-state index < -0.39 is 0 Å². The molecule has 1 aliphatic rings. The Labute approximate surface area is 126 Å². The molecule has 0 bridgehead atoms. The minimum atomic E-state index is 0.126. The normalized spacial score (nSPS) is 17.8. The molecule has 20 heavy (non-hydrogen) atoms. The Morgan fingerprint density at radius 3 is 2.65 bits per heavy atom. The molecule has 1 aliphatic carbocycles. The second-order valence-electron chi connectivity index (χ2n) is 5.18. The van der Waals surface area contributed by atoms with E-state index in [2.05, 4.69) is 12.2 Å². The van der Waals surface area contributed by atoms with Crippen LogP contribution in [-0.2, 0) is 4.74 Å². The molecule has 0 amide bonds. The fourth-order valence-corrected chi connectivity index (χ4v) is 2.87. The fourth-order valence-electron chi connectivity index (χ4n) is 2.69. The van der Waals surface area contributed by atoms with E-state index in [0.717, 1.165) is 29.5 Å². The highest BCUT2D eigenvalue weighted by molar-refractivity contribution is 6.30. The topological polar surface area (TPSA) is 30.5 Å². The van der Waals surface area contributed by atoms with E-state index in [9.17, 15) is 0 Å². The molecule has 1 saturated carbocycles. The predicted octanol–water partition coefficient (Wildman–Crippen LogP) is 3.81. The van der Waals surface area contributed by atoms with Gasteiger partial charge in [-0.15, -0.1) is 0 Å². The van der Waals surface area contributed by atoms with Crippen LogP contribution in [0.15, 0.2) is 18.2 Å². The van der Waals surface area contributed by atoms with E-state index in [0.29, 0.717) is 5.92 Å². The highest BCUT2D eigenvalue weighted by atomic mass is 35.5. The van der Waals surface area contributed by atoms with Gasteiger partial charge in [-0.3, -0.25) is 0 Å². The van der Waals surface area contributed by atoms with Crippen molar-refractivity contribution in [2.24, 2.45) is 5.92 Å². The zero-order chi connectivity index (χ0) is 14.5. The van der Waals surface area contributed by atoms with Crippen LogP contribution in [0, 0.1) is 5.92 Å². The molecule has 0 spiro atoms. The van der Waals surface area contributed by atoms with Crippen LogP contribution in [0.2, 0.25) is 5.02 Å². The van der Waals surface area contributed by atoms with Gasteiger partial charge in [0.1, 0.15) is 5.75 Å². The smallest absolute Gasteiger partial charge is 0.123 e. The SMILES string of the molecule is CCNC(c1cc(Cl)ccc1OC)C(OCC)C1CC1. The Bertz CT molecular complexity index is 434. The molecule has 0 radical (unpaired) electrons. The van der Waals surface area contributed by atoms with Crippen LogP contribution in [0.4, 0.5) is 0 Å². The van der Waals surface area contributed by atoms with Gasteiger partial charge < -0.3 is 14.8 Å². The number of benzene rings is 1. The summed E-state index contributed by atoms with van der Waals surface area (Å²) in [7, 11) is 1.70. The molecule has 1 fully saturated rings. The van der Waals surface area contributed by atoms with Gasteiger partial charge in [0, 0.05) is 17.2 Å². The van der Waals surface area contributed by atoms with Gasteiger partial charge in [0.15, 0.2) is 0 Å². The number of nitrogens with one attached hydrogen (secondary N) is 1. The molecule has 0 aromatic heterocycles. The van der Waals surface area contributed by atoms with Crippen molar-refractivity contribution in [3.63, 3.8) is 0 Å². The van der Waals surface area contributed by atoms with Crippen molar-refractivity contribution in [2.75, 3.05) is 20.3 Å². The third-order valence-corrected chi connectivity index (χ3v) is 3.96. The molecule has 112 valence electrons. The highest BCUT2D eigenvalue weighted by Crippen LogP contribution is 2.42. The maximum Gasteiger partial charge on any atom is 0.123 e. The van der Waals surface area contributed by atoms with E-state index in [-0.39, 0.29) is 12.1 Å². The summed E-state index contributed by atoms with van der Waals surface area (Å²) in [5.41, 5.74) is 1.09. The number of methoxy groups -OCH3 is 1. The number of hydrogen-bond acceptors (Lipinski definition) is 3. The van der Waals surface area contributed by atoms with Crippen molar-refractivity contribution >= 4 is 11.6 Å². The van der Waals surface area contributed by atoms with Gasteiger partial charge in [-0.2, -0.15) is 0 Å². The molecule has 2 unspecified atom stereocenters. The summed E-state index contributed by atoms with van der Waals surface area (Å²) in [4.78, 5) is 0. The van der Waals surface area contributed by atoms with Crippen LogP contribution in [0.3, 0.4) is 0 Å². The molecule has 2 atom stereocenters. The van der Waals surface area contributed by atoms with E-state index in [1.165, 1.54) is 12.8 Å². The second kappa shape index (κ2) is 7.30. The van der Waals surface area contributed by atoms with Gasteiger partial charge in [-0.05, 0) is 50.4 Å². The lowest BCUT2D eigenvalue weighted by Crippen LogP contribution is -2.35. The molecule has 1 N–H and O–H groups in total. The molecule has 0 saturated heterocycles. The van der Waals surface area contributed by atoms with Crippen molar-refractivity contribution < 1.29 is 9.47 Å². The molecular weight excluding hydrogens is 274 g/mol. The zero-order valence-corrected chi connectivity index (χ0v) is 13.2. The predicted molar refractivity (Wildman–Crippen MR) is 82.6 cm³/mol. The number of likely N-dealkylation sites (N-methyl/N-ethyl adjacent to an activating group) is 1. The average molecular weight is 298 g/mol. The van der Waals surface area contributed by atoms with Crippen LogP contribution < -0.4 is 10.1 Å². The molecule has 0 heterocycles. The van der Waals surface area contributed by atoms with E-state index in [1.54, 1.807) is 7.11 Å². The zero-order valence-electron chi connectivity index (χ0n) is 12.5. The van der Waals surface area contributed by atoms with Crippen molar-refractivity contribution in [3.8, 4) is 5.75 Å². The second-order valence-corrected chi connectivity index (χ2v) is 5.62. The third kappa shape index (κ3) is 3.66. The Kier molecular flexibility index (Phi) is 5.70. The summed E-state index contributed by atoms with van der Waals surface area (Å²) in [6.45, 7) is 5.77. The van der Waals surface area contributed by atoms with Crippen molar-refractivity contribution in [1.82, 2.24) is 5.32 Å². The van der Waals surface area contributed by atoms with Gasteiger partial charge in [-0.25, -0.2) is 0 Å². The van der Waals surface area contributed by atoms with Gasteiger partial charge in [0.2, 0.25) is 0 Å². The Morgan fingerprint density at radius 1 is 1.35 bits per heavy atom. The maximum atomic E-state index is 6.17. The lowest BCUT2D eigenvalue weighted by atomic mass is 9.97. The van der Waals surface area contributed by atoms with Crippen LogP contribution in [0.1, 0.15) is 38.3 Å². The first-order chi connectivity index (χ1) is 9.71. The van der Waals surface area contributed by atoms with Gasteiger partial charge in [0.25, 0.3) is 0 Å². The van der Waals surface area contributed by atoms with Crippen LogP contribution >= 0.6 is 11.6 Å². The Hall–Kier alpha value is -0.770. The van der Waals surface area contributed by atoms with E-state index >= 15 is 0 Å². The average Bonchev–Trinajstić information content (AvgIpc) is 3.27. The monoisotopic (exact) mass is 297 g/mol. The Balaban J connectivity index is 2.32. The number of hydrogen-bond donors (Lipinski definition) is 1. The largest absolute Gasteiger partial charge is 0.496 e. The van der Waals surface area contributed by atoms with Gasteiger partial charge in [-0.1, -0.05) is 18.5 Å². The summed E-state index contributed by atoms with van der Waals surface area (Å²) in [5.74, 6) is 1.51. The Morgan fingerprint density at radius 2 is 2.10 bits per heavy atom. The number of ether oxygens (including phenoxy) is 2. The standard InChI is InChI=1S/C16H24ClNO2/c1-4-18-15(16(20-5-2)11-6-7-11)13-10-12(17)8-9-14(13)19-3/h8-11,15-16,18H,4-7H2,1-3H3. The molecule has 4 heteroatoms. The van der Waals surface area contributed by atoms with E-state index in [1.807, 2.05) is 25.1 Å². The van der Waals surface area contributed by atoms with Crippen molar-refractivity contribution in [1.29, 1.82) is 0 Å². The third-order valence-electron chi connectivity index (χ3n) is 3.73. The highest BCUT2D eigenvalue weighted by Gasteiger charge is 2.38. The molecule has 1 aromatic carbocycles. The molecular formula is C16H24ClNO2. The maximum absolute atomic E-state index is 6.17. The molecule has 0 aliphatic heterocycles. The molecule has 3 nitrogen and oxygen atoms in total. The summed E-state index contributed by atoms with van der Waals surface area (Å²) in [6.07, 6.45) is 2.68. The minimum Gasteiger partial charge on any atom is -0.496 e. The fraction of sp³-hybridized carbons (Fsp3) is 0.625. The quantitative estimate of drug-likeness (QED) is 0.791. The lowest BCUT2D eigenvalue weighted by molar-refractivity contribution is 0.0184. The molecule has 1 aromatic rings. The minimum absolute atomic E-state index is 0.126. The first-order valence-corrected chi connectivity index (χ1v) is 7.77. The summed E-state index contributed by atoms with van der Waals surface area (Å²) < 4.78 is 11.5. The van der Waals surface area contributed by atoms with Crippen LogP contribution in [-0.4, -0.2) is 26.4 Å². The first kappa shape index (κ1) is 15.6. The first-order valence-electron chi connectivity index (χ1n) is 7.39. The van der Waals surface area contributed by atoms with Crippen molar-refractivity contribution in [3.05, 3.63) is 28.8 Å². The van der Waals surface area contributed by atoms with Gasteiger partial charge in [0.05, 0.1) is 19.3 Å². The lowest BCUT2D eigenvalue weighted by Gasteiger charge is -2.29. The summed E-state index contributed by atoms with van der Waals surface area (Å²) >= 11 is 6.17.